The van der Waals surface area contributed by atoms with E-state index < -0.39 is 21.5 Å². The molecule has 0 saturated carbocycles. The Hall–Kier alpha value is -1.76. The second kappa shape index (κ2) is 6.78. The molecule has 1 aromatic carbocycles. The van der Waals surface area contributed by atoms with Gasteiger partial charge in [0.15, 0.2) is 9.84 Å². The van der Waals surface area contributed by atoms with Gasteiger partial charge in [0.2, 0.25) is 0 Å². The van der Waals surface area contributed by atoms with Crippen molar-refractivity contribution < 1.29 is 17.9 Å². The lowest BCUT2D eigenvalue weighted by Gasteiger charge is -2.28. The van der Waals surface area contributed by atoms with Gasteiger partial charge in [-0.1, -0.05) is 12.1 Å². The molecule has 2 rings (SSSR count). The first-order chi connectivity index (χ1) is 10.6. The molecule has 1 fully saturated rings. The molecule has 1 amide bonds. The van der Waals surface area contributed by atoms with Crippen LogP contribution in [0.4, 0.5) is 10.5 Å². The minimum Gasteiger partial charge on any atom is -0.444 e. The number of sulfone groups is 1. The molecule has 0 aliphatic carbocycles. The van der Waals surface area contributed by atoms with Crippen LogP contribution in [0.5, 0.6) is 0 Å². The van der Waals surface area contributed by atoms with Gasteiger partial charge in [-0.15, -0.1) is 0 Å². The molecule has 0 spiro atoms. The molecule has 23 heavy (non-hydrogen) atoms. The van der Waals surface area contributed by atoms with Gasteiger partial charge in [-0.05, 0) is 38.5 Å². The van der Waals surface area contributed by atoms with Crippen LogP contribution in [0, 0.1) is 0 Å². The summed E-state index contributed by atoms with van der Waals surface area (Å²) in [5, 5.41) is 2.71. The molecule has 0 bridgehead atoms. The quantitative estimate of drug-likeness (QED) is 0.910. The minimum atomic E-state index is -2.87. The summed E-state index contributed by atoms with van der Waals surface area (Å²) in [6.07, 6.45) is -0.442. The summed E-state index contributed by atoms with van der Waals surface area (Å²) in [7, 11) is -2.87. The van der Waals surface area contributed by atoms with Gasteiger partial charge in [-0.2, -0.15) is 0 Å². The first-order valence-corrected chi connectivity index (χ1v) is 9.48. The van der Waals surface area contributed by atoms with Crippen LogP contribution in [0.15, 0.2) is 24.3 Å². The van der Waals surface area contributed by atoms with Crippen LogP contribution >= 0.6 is 0 Å². The minimum absolute atomic E-state index is 0.203. The van der Waals surface area contributed by atoms with E-state index in [1.54, 1.807) is 0 Å². The van der Waals surface area contributed by atoms with E-state index in [9.17, 15) is 13.2 Å². The Morgan fingerprint density at radius 1 is 1.17 bits per heavy atom. The van der Waals surface area contributed by atoms with E-state index in [1.165, 1.54) is 0 Å². The number of amides is 1. The van der Waals surface area contributed by atoms with Crippen LogP contribution in [0.3, 0.4) is 0 Å². The smallest absolute Gasteiger partial charge is 0.407 e. The summed E-state index contributed by atoms with van der Waals surface area (Å²) >= 11 is 0. The summed E-state index contributed by atoms with van der Waals surface area (Å²) in [6, 6.07) is 7.75. The highest BCUT2D eigenvalue weighted by atomic mass is 32.2. The summed E-state index contributed by atoms with van der Waals surface area (Å²) in [5.41, 5.74) is 1.45. The molecule has 128 valence electrons. The van der Waals surface area contributed by atoms with Gasteiger partial charge in [-0.3, -0.25) is 0 Å². The lowest BCUT2D eigenvalue weighted by Crippen LogP contribution is -2.40. The number of carbonyl (C=O) groups excluding carboxylic acids is 1. The second-order valence-corrected chi connectivity index (χ2v) is 8.96. The van der Waals surface area contributed by atoms with Crippen molar-refractivity contribution in [1.29, 1.82) is 0 Å². The van der Waals surface area contributed by atoms with Crippen molar-refractivity contribution in [3.8, 4) is 0 Å². The van der Waals surface area contributed by atoms with Crippen molar-refractivity contribution in [3.05, 3.63) is 29.8 Å². The predicted octanol–water partition coefficient (Wildman–Crippen LogP) is 1.95. The van der Waals surface area contributed by atoms with Gasteiger partial charge < -0.3 is 15.0 Å². The number of rotatable bonds is 3. The van der Waals surface area contributed by atoms with Gasteiger partial charge in [-0.25, -0.2) is 13.2 Å². The molecule has 0 unspecified atom stereocenters. The van der Waals surface area contributed by atoms with Gasteiger partial charge in [0.05, 0.1) is 11.5 Å². The number of anilines is 1. The summed E-state index contributed by atoms with van der Waals surface area (Å²) < 4.78 is 28.1. The number of nitrogens with one attached hydrogen (secondary N) is 1. The number of alkyl carbamates (subject to hydrolysis) is 1. The SMILES string of the molecule is CC(C)(C)OC(=O)NCc1ccc(N2CCS(=O)(=O)CC2)cc1. The zero-order valence-corrected chi connectivity index (χ0v) is 14.6. The zero-order chi connectivity index (χ0) is 17.1. The van der Waals surface area contributed by atoms with Crippen LogP contribution in [0.25, 0.3) is 0 Å². The Balaban J connectivity index is 1.86. The largest absolute Gasteiger partial charge is 0.444 e. The fourth-order valence-electron chi connectivity index (χ4n) is 2.28. The molecule has 0 aromatic heterocycles. The van der Waals surface area contributed by atoms with E-state index in [1.807, 2.05) is 45.0 Å². The Kier molecular flexibility index (Phi) is 5.19. The standard InChI is InChI=1S/C16H24N2O4S/c1-16(2,3)22-15(19)17-12-13-4-6-14(7-5-13)18-8-10-23(20,21)11-9-18/h4-7H,8-12H2,1-3H3,(H,17,19). The Bertz CT molecular complexity index is 634. The molecule has 1 N–H and O–H groups in total. The van der Waals surface area contributed by atoms with Crippen molar-refractivity contribution in [2.75, 3.05) is 29.5 Å². The fraction of sp³-hybridized carbons (Fsp3) is 0.562. The molecule has 1 heterocycles. The molecular weight excluding hydrogens is 316 g/mol. The number of nitrogens with zero attached hydrogens (tertiary/aromatic N) is 1. The second-order valence-electron chi connectivity index (χ2n) is 6.66. The maximum Gasteiger partial charge on any atom is 0.407 e. The van der Waals surface area contributed by atoms with E-state index in [2.05, 4.69) is 10.2 Å². The Morgan fingerprint density at radius 3 is 2.26 bits per heavy atom. The van der Waals surface area contributed by atoms with Crippen LogP contribution in [0.1, 0.15) is 26.3 Å². The van der Waals surface area contributed by atoms with Crippen molar-refractivity contribution in [2.24, 2.45) is 0 Å². The van der Waals surface area contributed by atoms with Crippen molar-refractivity contribution >= 4 is 21.6 Å². The Morgan fingerprint density at radius 2 is 1.74 bits per heavy atom. The molecule has 1 aliphatic rings. The first kappa shape index (κ1) is 17.6. The van der Waals surface area contributed by atoms with Crippen LogP contribution in [-0.4, -0.2) is 44.7 Å². The lowest BCUT2D eigenvalue weighted by atomic mass is 10.2. The molecule has 1 aliphatic heterocycles. The van der Waals surface area contributed by atoms with E-state index in [4.69, 9.17) is 4.74 Å². The predicted molar refractivity (Wildman–Crippen MR) is 90.4 cm³/mol. The number of benzene rings is 1. The van der Waals surface area contributed by atoms with Crippen LogP contribution in [-0.2, 0) is 21.1 Å². The lowest BCUT2D eigenvalue weighted by molar-refractivity contribution is 0.0523. The van der Waals surface area contributed by atoms with Crippen LogP contribution < -0.4 is 10.2 Å². The summed E-state index contributed by atoms with van der Waals surface area (Å²) in [5.74, 6) is 0.407. The van der Waals surface area contributed by atoms with Gasteiger partial charge in [0.1, 0.15) is 5.60 Å². The molecule has 1 aromatic rings. The maximum atomic E-state index is 11.6. The highest BCUT2D eigenvalue weighted by molar-refractivity contribution is 7.91. The van der Waals surface area contributed by atoms with Gasteiger partial charge >= 0.3 is 6.09 Å². The summed E-state index contributed by atoms with van der Waals surface area (Å²) in [4.78, 5) is 13.7. The van der Waals surface area contributed by atoms with Crippen molar-refractivity contribution in [3.63, 3.8) is 0 Å². The first-order valence-electron chi connectivity index (χ1n) is 7.66. The Labute approximate surface area is 137 Å². The highest BCUT2D eigenvalue weighted by Crippen LogP contribution is 2.18. The van der Waals surface area contributed by atoms with Crippen molar-refractivity contribution in [2.45, 2.75) is 32.9 Å². The fourth-order valence-corrected chi connectivity index (χ4v) is 3.48. The average molecular weight is 340 g/mol. The van der Waals surface area contributed by atoms with Crippen molar-refractivity contribution in [1.82, 2.24) is 5.32 Å². The monoisotopic (exact) mass is 340 g/mol. The number of carbonyl (C=O) groups is 1. The third-order valence-corrected chi connectivity index (χ3v) is 5.09. The van der Waals surface area contributed by atoms with Gasteiger partial charge in [0, 0.05) is 25.3 Å². The molecule has 7 heteroatoms. The maximum absolute atomic E-state index is 11.6. The highest BCUT2D eigenvalue weighted by Gasteiger charge is 2.21. The third kappa shape index (κ3) is 5.74. The molecule has 6 nitrogen and oxygen atoms in total. The van der Waals surface area contributed by atoms with E-state index >= 15 is 0 Å². The number of ether oxygens (including phenoxy) is 1. The molecule has 0 radical (unpaired) electrons. The number of hydrogen-bond donors (Lipinski definition) is 1. The molecular formula is C16H24N2O4S. The summed E-state index contributed by atoms with van der Waals surface area (Å²) in [6.45, 7) is 6.90. The van der Waals surface area contributed by atoms with E-state index in [0.29, 0.717) is 19.6 Å². The average Bonchev–Trinajstić information content (AvgIpc) is 2.44. The van der Waals surface area contributed by atoms with Crippen LogP contribution in [0.2, 0.25) is 0 Å². The zero-order valence-electron chi connectivity index (χ0n) is 13.8. The topological polar surface area (TPSA) is 75.7 Å². The molecule has 1 saturated heterocycles. The van der Waals surface area contributed by atoms with E-state index in [-0.39, 0.29) is 11.5 Å². The normalized spacial score (nSPS) is 17.6. The van der Waals surface area contributed by atoms with Gasteiger partial charge in [0.25, 0.3) is 0 Å². The third-order valence-electron chi connectivity index (χ3n) is 3.48. The molecule has 0 atom stereocenters. The number of hydrogen-bond acceptors (Lipinski definition) is 5. The van der Waals surface area contributed by atoms with E-state index in [0.717, 1.165) is 11.3 Å².